The Hall–Kier alpha value is -0.500. The van der Waals surface area contributed by atoms with Gasteiger partial charge in [-0.15, -0.1) is 0 Å². The average Bonchev–Trinajstić information content (AvgIpc) is 1.89. The lowest BCUT2D eigenvalue weighted by molar-refractivity contribution is 0.250. The van der Waals surface area contributed by atoms with Gasteiger partial charge in [0.05, 0.1) is 12.9 Å². The summed E-state index contributed by atoms with van der Waals surface area (Å²) in [4.78, 5) is 0. The summed E-state index contributed by atoms with van der Waals surface area (Å²) in [6.45, 7) is 8.28. The van der Waals surface area contributed by atoms with Crippen LogP contribution in [0.4, 0.5) is 0 Å². The first-order valence-corrected chi connectivity index (χ1v) is 3.35. The Morgan fingerprint density at radius 2 is 2.33 bits per heavy atom. The Balaban J connectivity index is 2.66. The summed E-state index contributed by atoms with van der Waals surface area (Å²) in [7, 11) is 0. The summed E-state index contributed by atoms with van der Waals surface area (Å²) in [5, 5.41) is 3.20. The molecule has 0 fully saturated rings. The van der Waals surface area contributed by atoms with E-state index >= 15 is 0 Å². The van der Waals surface area contributed by atoms with Crippen molar-refractivity contribution >= 4 is 0 Å². The van der Waals surface area contributed by atoms with Crippen molar-refractivity contribution < 1.29 is 4.74 Å². The van der Waals surface area contributed by atoms with E-state index < -0.39 is 0 Å². The second-order valence-electron chi connectivity index (χ2n) is 1.79. The maximum absolute atomic E-state index is 4.88. The third kappa shape index (κ3) is 7.50. The van der Waals surface area contributed by atoms with Gasteiger partial charge in [-0.1, -0.05) is 13.5 Å². The van der Waals surface area contributed by atoms with E-state index in [9.17, 15) is 0 Å². The highest BCUT2D eigenvalue weighted by Crippen LogP contribution is 1.72. The van der Waals surface area contributed by atoms with Crippen molar-refractivity contribution in [1.82, 2.24) is 5.32 Å². The molecule has 0 atom stereocenters. The lowest BCUT2D eigenvalue weighted by atomic mass is 10.5. The summed E-state index contributed by atoms with van der Waals surface area (Å²) in [5.74, 6) is 0. The van der Waals surface area contributed by atoms with Gasteiger partial charge in [-0.3, -0.25) is 0 Å². The van der Waals surface area contributed by atoms with Crippen molar-refractivity contribution in [2.24, 2.45) is 0 Å². The molecule has 0 unspecified atom stereocenters. The molecule has 0 aromatic rings. The fourth-order valence-corrected chi connectivity index (χ4v) is 0.516. The van der Waals surface area contributed by atoms with Crippen LogP contribution in [0.5, 0.6) is 0 Å². The highest BCUT2D eigenvalue weighted by molar-refractivity contribution is 4.50. The predicted octanol–water partition coefficient (Wildman–Crippen LogP) is 1.15. The number of rotatable bonds is 6. The summed E-state index contributed by atoms with van der Waals surface area (Å²) < 4.78 is 4.88. The Labute approximate surface area is 56.9 Å². The Bertz CT molecular complexity index is 63.9. The molecule has 2 nitrogen and oxygen atoms in total. The van der Waals surface area contributed by atoms with Crippen LogP contribution in [0.3, 0.4) is 0 Å². The molecule has 2 heteroatoms. The van der Waals surface area contributed by atoms with Crippen molar-refractivity contribution in [3.8, 4) is 0 Å². The summed E-state index contributed by atoms with van der Waals surface area (Å²) >= 11 is 0. The molecule has 0 spiro atoms. The molecular weight excluding hydrogens is 114 g/mol. The molecule has 9 heavy (non-hydrogen) atoms. The normalized spacial score (nSPS) is 9.00. The molecule has 0 radical (unpaired) electrons. The fourth-order valence-electron chi connectivity index (χ4n) is 0.516. The molecule has 0 heterocycles. The van der Waals surface area contributed by atoms with Crippen LogP contribution in [0.25, 0.3) is 0 Å². The van der Waals surface area contributed by atoms with E-state index in [1.807, 2.05) is 0 Å². The smallest absolute Gasteiger partial charge is 0.0997 e. The van der Waals surface area contributed by atoms with E-state index in [0.29, 0.717) is 0 Å². The minimum Gasteiger partial charge on any atom is -0.500 e. The van der Waals surface area contributed by atoms with Crippen LogP contribution in [0.15, 0.2) is 12.8 Å². The SMILES string of the molecule is C=COCCNCCC. The molecule has 0 rings (SSSR count). The van der Waals surface area contributed by atoms with Gasteiger partial charge in [-0.25, -0.2) is 0 Å². The van der Waals surface area contributed by atoms with E-state index in [1.54, 1.807) is 0 Å². The minimum absolute atomic E-state index is 0.726. The summed E-state index contributed by atoms with van der Waals surface area (Å²) in [6.07, 6.45) is 2.64. The predicted molar refractivity (Wildman–Crippen MR) is 39.3 cm³/mol. The summed E-state index contributed by atoms with van der Waals surface area (Å²) in [6, 6.07) is 0. The van der Waals surface area contributed by atoms with Crippen LogP contribution in [0.2, 0.25) is 0 Å². The quantitative estimate of drug-likeness (QED) is 0.429. The number of hydrogen-bond acceptors (Lipinski definition) is 2. The Morgan fingerprint density at radius 1 is 1.56 bits per heavy atom. The zero-order chi connectivity index (χ0) is 6.95. The fraction of sp³-hybridized carbons (Fsp3) is 0.714. The molecule has 0 aromatic heterocycles. The van der Waals surface area contributed by atoms with E-state index in [1.165, 1.54) is 12.7 Å². The van der Waals surface area contributed by atoms with Crippen molar-refractivity contribution in [3.63, 3.8) is 0 Å². The molecule has 0 amide bonds. The topological polar surface area (TPSA) is 21.3 Å². The molecular formula is C7H15NO. The number of nitrogens with one attached hydrogen (secondary N) is 1. The van der Waals surface area contributed by atoms with Gasteiger partial charge in [-0.05, 0) is 13.0 Å². The van der Waals surface area contributed by atoms with Gasteiger partial charge in [0.2, 0.25) is 0 Å². The maximum Gasteiger partial charge on any atom is 0.0997 e. The molecule has 0 aromatic carbocycles. The molecule has 1 N–H and O–H groups in total. The van der Waals surface area contributed by atoms with Crippen molar-refractivity contribution in [2.75, 3.05) is 19.7 Å². The Kier molecular flexibility index (Phi) is 7.08. The molecule has 0 bridgehead atoms. The first-order chi connectivity index (χ1) is 4.41. The first kappa shape index (κ1) is 8.50. The zero-order valence-corrected chi connectivity index (χ0v) is 6.02. The van der Waals surface area contributed by atoms with E-state index in [0.717, 1.165) is 19.7 Å². The first-order valence-electron chi connectivity index (χ1n) is 3.35. The Morgan fingerprint density at radius 3 is 2.89 bits per heavy atom. The third-order valence-corrected chi connectivity index (χ3v) is 0.941. The third-order valence-electron chi connectivity index (χ3n) is 0.941. The lowest BCUT2D eigenvalue weighted by Crippen LogP contribution is -2.19. The lowest BCUT2D eigenvalue weighted by Gasteiger charge is -2.00. The standard InChI is InChI=1S/C7H15NO/c1-3-5-8-6-7-9-4-2/h4,8H,2-3,5-7H2,1H3. The van der Waals surface area contributed by atoms with Crippen LogP contribution in [0.1, 0.15) is 13.3 Å². The molecule has 54 valence electrons. The van der Waals surface area contributed by atoms with Gasteiger partial charge in [0.1, 0.15) is 0 Å². The van der Waals surface area contributed by atoms with Crippen LogP contribution in [0, 0.1) is 0 Å². The molecule has 0 saturated carbocycles. The van der Waals surface area contributed by atoms with Crippen LogP contribution in [-0.2, 0) is 4.74 Å². The highest BCUT2D eigenvalue weighted by atomic mass is 16.5. The average molecular weight is 129 g/mol. The maximum atomic E-state index is 4.88. The van der Waals surface area contributed by atoms with Gasteiger partial charge in [-0.2, -0.15) is 0 Å². The second-order valence-corrected chi connectivity index (χ2v) is 1.79. The second kappa shape index (κ2) is 7.50. The number of hydrogen-bond donors (Lipinski definition) is 1. The van der Waals surface area contributed by atoms with Crippen LogP contribution < -0.4 is 5.32 Å². The number of ether oxygens (including phenoxy) is 1. The molecule has 0 aliphatic heterocycles. The largest absolute Gasteiger partial charge is 0.500 e. The van der Waals surface area contributed by atoms with Gasteiger partial charge < -0.3 is 10.1 Å². The van der Waals surface area contributed by atoms with Crippen LogP contribution in [-0.4, -0.2) is 19.7 Å². The van der Waals surface area contributed by atoms with E-state index in [-0.39, 0.29) is 0 Å². The van der Waals surface area contributed by atoms with Crippen molar-refractivity contribution in [3.05, 3.63) is 12.8 Å². The molecule has 0 aliphatic carbocycles. The van der Waals surface area contributed by atoms with Gasteiger partial charge in [0.15, 0.2) is 0 Å². The summed E-state index contributed by atoms with van der Waals surface area (Å²) in [5.41, 5.74) is 0. The molecule has 0 saturated heterocycles. The monoisotopic (exact) mass is 129 g/mol. The van der Waals surface area contributed by atoms with Gasteiger partial charge in [0.25, 0.3) is 0 Å². The van der Waals surface area contributed by atoms with E-state index in [4.69, 9.17) is 4.74 Å². The van der Waals surface area contributed by atoms with Crippen molar-refractivity contribution in [1.29, 1.82) is 0 Å². The van der Waals surface area contributed by atoms with E-state index in [2.05, 4.69) is 18.8 Å². The minimum atomic E-state index is 0.726. The highest BCUT2D eigenvalue weighted by Gasteiger charge is 1.81. The van der Waals surface area contributed by atoms with Gasteiger partial charge in [0, 0.05) is 6.54 Å². The zero-order valence-electron chi connectivity index (χ0n) is 6.02. The molecule has 0 aliphatic rings. The van der Waals surface area contributed by atoms with Gasteiger partial charge >= 0.3 is 0 Å². The van der Waals surface area contributed by atoms with Crippen molar-refractivity contribution in [2.45, 2.75) is 13.3 Å². The van der Waals surface area contributed by atoms with Crippen LogP contribution >= 0.6 is 0 Å².